The standard InChI is InChI=1S/C23H32N4O5/c1-4-25-11-13-26(14-12-25)22(28)9-10-27(15-16-30-2)23(29)20-17-21(32-24-20)18-5-7-19(31-3)8-6-18/h5-8,17H,4,9-16H2,1-3H3. The van der Waals surface area contributed by atoms with Crippen LogP contribution in [0.15, 0.2) is 34.9 Å². The van der Waals surface area contributed by atoms with Crippen LogP contribution in [0.1, 0.15) is 23.8 Å². The highest BCUT2D eigenvalue weighted by Gasteiger charge is 2.24. The van der Waals surface area contributed by atoms with Gasteiger partial charge in [0.05, 0.1) is 13.7 Å². The summed E-state index contributed by atoms with van der Waals surface area (Å²) in [6.07, 6.45) is 0.269. The molecular weight excluding hydrogens is 412 g/mol. The van der Waals surface area contributed by atoms with E-state index in [4.69, 9.17) is 14.0 Å². The summed E-state index contributed by atoms with van der Waals surface area (Å²) in [5.74, 6) is 1.01. The van der Waals surface area contributed by atoms with Crippen LogP contribution in [0, 0.1) is 0 Å². The number of hydrogen-bond donors (Lipinski definition) is 0. The predicted molar refractivity (Wildman–Crippen MR) is 120 cm³/mol. The van der Waals surface area contributed by atoms with Crippen LogP contribution in [-0.2, 0) is 9.53 Å². The van der Waals surface area contributed by atoms with Crippen molar-refractivity contribution in [2.75, 3.05) is 66.6 Å². The van der Waals surface area contributed by atoms with Crippen LogP contribution in [0.4, 0.5) is 0 Å². The summed E-state index contributed by atoms with van der Waals surface area (Å²) in [6, 6.07) is 8.93. The monoisotopic (exact) mass is 444 g/mol. The second-order valence-corrected chi connectivity index (χ2v) is 7.65. The molecule has 0 saturated carbocycles. The van der Waals surface area contributed by atoms with Gasteiger partial charge in [-0.1, -0.05) is 12.1 Å². The number of amides is 2. The molecule has 174 valence electrons. The molecule has 1 aliphatic rings. The molecule has 9 heteroatoms. The lowest BCUT2D eigenvalue weighted by Crippen LogP contribution is -2.49. The topological polar surface area (TPSA) is 88.3 Å². The quantitative estimate of drug-likeness (QED) is 0.554. The number of hydrogen-bond acceptors (Lipinski definition) is 7. The first-order chi connectivity index (χ1) is 15.5. The van der Waals surface area contributed by atoms with Gasteiger partial charge < -0.3 is 28.7 Å². The van der Waals surface area contributed by atoms with Gasteiger partial charge in [-0.3, -0.25) is 9.59 Å². The third-order valence-corrected chi connectivity index (χ3v) is 5.72. The van der Waals surface area contributed by atoms with Crippen molar-refractivity contribution in [2.24, 2.45) is 0 Å². The number of benzene rings is 1. The average molecular weight is 445 g/mol. The largest absolute Gasteiger partial charge is 0.497 e. The van der Waals surface area contributed by atoms with Gasteiger partial charge in [0.2, 0.25) is 5.91 Å². The van der Waals surface area contributed by atoms with Crippen LogP contribution >= 0.6 is 0 Å². The molecule has 0 atom stereocenters. The second-order valence-electron chi connectivity index (χ2n) is 7.65. The molecule has 1 aliphatic heterocycles. The molecule has 0 spiro atoms. The minimum absolute atomic E-state index is 0.0649. The van der Waals surface area contributed by atoms with E-state index in [1.54, 1.807) is 25.2 Å². The fraction of sp³-hybridized carbons (Fsp3) is 0.522. The van der Waals surface area contributed by atoms with E-state index in [1.807, 2.05) is 29.2 Å². The highest BCUT2D eigenvalue weighted by atomic mass is 16.5. The molecule has 2 aromatic rings. The molecule has 2 amide bonds. The molecule has 0 radical (unpaired) electrons. The Balaban J connectivity index is 1.61. The number of ether oxygens (including phenoxy) is 2. The third-order valence-electron chi connectivity index (χ3n) is 5.72. The number of carbonyl (C=O) groups excluding carboxylic acids is 2. The van der Waals surface area contributed by atoms with E-state index in [2.05, 4.69) is 17.0 Å². The Kier molecular flexibility index (Phi) is 8.64. The van der Waals surface area contributed by atoms with Crippen molar-refractivity contribution in [3.63, 3.8) is 0 Å². The Morgan fingerprint density at radius 1 is 1.09 bits per heavy atom. The highest BCUT2D eigenvalue weighted by Crippen LogP contribution is 2.23. The van der Waals surface area contributed by atoms with Crippen molar-refractivity contribution in [3.8, 4) is 17.1 Å². The van der Waals surface area contributed by atoms with E-state index in [9.17, 15) is 9.59 Å². The maximum atomic E-state index is 13.1. The molecule has 0 unspecified atom stereocenters. The first kappa shape index (κ1) is 23.7. The van der Waals surface area contributed by atoms with E-state index in [0.29, 0.717) is 25.5 Å². The number of piperazine rings is 1. The normalized spacial score (nSPS) is 14.4. The molecule has 1 aromatic heterocycles. The van der Waals surface area contributed by atoms with E-state index in [1.165, 1.54) is 0 Å². The number of rotatable bonds is 10. The minimum atomic E-state index is -0.283. The molecule has 1 saturated heterocycles. The SMILES string of the molecule is CCN1CCN(C(=O)CCN(CCOC)C(=O)c2cc(-c3ccc(OC)cc3)on2)CC1. The van der Waals surface area contributed by atoms with Gasteiger partial charge in [0.15, 0.2) is 11.5 Å². The number of nitrogens with zero attached hydrogens (tertiary/aromatic N) is 4. The van der Waals surface area contributed by atoms with Gasteiger partial charge in [-0.05, 0) is 30.8 Å². The van der Waals surface area contributed by atoms with Gasteiger partial charge in [0.1, 0.15) is 5.75 Å². The van der Waals surface area contributed by atoms with Gasteiger partial charge in [0.25, 0.3) is 5.91 Å². The number of likely N-dealkylation sites (N-methyl/N-ethyl adjacent to an activating group) is 1. The maximum Gasteiger partial charge on any atom is 0.276 e. The summed E-state index contributed by atoms with van der Waals surface area (Å²) >= 11 is 0. The molecular formula is C23H32N4O5. The van der Waals surface area contributed by atoms with Crippen LogP contribution in [0.25, 0.3) is 11.3 Å². The lowest BCUT2D eigenvalue weighted by atomic mass is 10.1. The van der Waals surface area contributed by atoms with Crippen molar-refractivity contribution >= 4 is 11.8 Å². The fourth-order valence-electron chi connectivity index (χ4n) is 3.65. The molecule has 9 nitrogen and oxygen atoms in total. The number of aromatic nitrogens is 1. The smallest absolute Gasteiger partial charge is 0.276 e. The van der Waals surface area contributed by atoms with E-state index < -0.39 is 0 Å². The van der Waals surface area contributed by atoms with Gasteiger partial charge >= 0.3 is 0 Å². The molecule has 1 aromatic carbocycles. The van der Waals surface area contributed by atoms with Gasteiger partial charge in [-0.2, -0.15) is 0 Å². The molecule has 1 fully saturated rings. The van der Waals surface area contributed by atoms with E-state index in [0.717, 1.165) is 44.0 Å². The average Bonchev–Trinajstić information content (AvgIpc) is 3.34. The molecule has 0 bridgehead atoms. The van der Waals surface area contributed by atoms with E-state index >= 15 is 0 Å². The van der Waals surface area contributed by atoms with Crippen molar-refractivity contribution in [3.05, 3.63) is 36.0 Å². The third kappa shape index (κ3) is 6.08. The van der Waals surface area contributed by atoms with Crippen LogP contribution < -0.4 is 4.74 Å². The Morgan fingerprint density at radius 2 is 1.81 bits per heavy atom. The summed E-state index contributed by atoms with van der Waals surface area (Å²) < 4.78 is 15.7. The summed E-state index contributed by atoms with van der Waals surface area (Å²) in [4.78, 5) is 31.5. The zero-order chi connectivity index (χ0) is 22.9. The summed E-state index contributed by atoms with van der Waals surface area (Å²) in [6.45, 7) is 7.41. The Hall–Kier alpha value is -2.91. The summed E-state index contributed by atoms with van der Waals surface area (Å²) in [5, 5.41) is 3.96. The van der Waals surface area contributed by atoms with Crippen LogP contribution in [0.3, 0.4) is 0 Å². The minimum Gasteiger partial charge on any atom is -0.497 e. The zero-order valence-electron chi connectivity index (χ0n) is 19.1. The predicted octanol–water partition coefficient (Wildman–Crippen LogP) is 1.99. The van der Waals surface area contributed by atoms with Crippen molar-refractivity contribution < 1.29 is 23.6 Å². The zero-order valence-corrected chi connectivity index (χ0v) is 19.1. The van der Waals surface area contributed by atoms with Gasteiger partial charge in [-0.15, -0.1) is 0 Å². The van der Waals surface area contributed by atoms with Gasteiger partial charge in [0, 0.05) is 64.4 Å². The van der Waals surface area contributed by atoms with Crippen molar-refractivity contribution in [2.45, 2.75) is 13.3 Å². The Morgan fingerprint density at radius 3 is 2.44 bits per heavy atom. The Labute approximate surface area is 188 Å². The first-order valence-corrected chi connectivity index (χ1v) is 10.9. The Bertz CT molecular complexity index is 875. The highest BCUT2D eigenvalue weighted by molar-refractivity contribution is 5.93. The molecule has 0 N–H and O–H groups in total. The molecule has 3 rings (SSSR count). The van der Waals surface area contributed by atoms with Crippen LogP contribution in [0.5, 0.6) is 5.75 Å². The van der Waals surface area contributed by atoms with Crippen molar-refractivity contribution in [1.29, 1.82) is 0 Å². The second kappa shape index (κ2) is 11.6. The van der Waals surface area contributed by atoms with Crippen LogP contribution in [-0.4, -0.2) is 98.3 Å². The lowest BCUT2D eigenvalue weighted by Gasteiger charge is -2.34. The molecule has 2 heterocycles. The molecule has 0 aliphatic carbocycles. The van der Waals surface area contributed by atoms with E-state index in [-0.39, 0.29) is 23.9 Å². The first-order valence-electron chi connectivity index (χ1n) is 10.9. The fourth-order valence-corrected chi connectivity index (χ4v) is 3.65. The number of methoxy groups -OCH3 is 2. The summed E-state index contributed by atoms with van der Waals surface area (Å²) in [7, 11) is 3.18. The summed E-state index contributed by atoms with van der Waals surface area (Å²) in [5.41, 5.74) is 0.998. The lowest BCUT2D eigenvalue weighted by molar-refractivity contribution is -0.133. The van der Waals surface area contributed by atoms with Crippen LogP contribution in [0.2, 0.25) is 0 Å². The van der Waals surface area contributed by atoms with Crippen molar-refractivity contribution in [1.82, 2.24) is 19.9 Å². The molecule has 32 heavy (non-hydrogen) atoms. The van der Waals surface area contributed by atoms with Gasteiger partial charge in [-0.25, -0.2) is 0 Å². The number of carbonyl (C=O) groups is 2. The maximum absolute atomic E-state index is 13.1.